The number of hydrogen-bond donors (Lipinski definition) is 1. The molecule has 2 N–H and O–H groups in total. The van der Waals surface area contributed by atoms with Gasteiger partial charge in [-0.3, -0.25) is 0 Å². The van der Waals surface area contributed by atoms with E-state index in [0.717, 1.165) is 34.2 Å². The number of rotatable bonds is 1. The van der Waals surface area contributed by atoms with Crippen molar-refractivity contribution >= 4 is 21.7 Å². The van der Waals surface area contributed by atoms with Crippen molar-refractivity contribution in [2.45, 2.75) is 25.7 Å². The van der Waals surface area contributed by atoms with Gasteiger partial charge >= 0.3 is 0 Å². The fraction of sp³-hybridized carbons (Fsp3) is 0.308. The molecular weight excluding hydrogens is 280 g/mol. The van der Waals surface area contributed by atoms with Crippen molar-refractivity contribution in [3.05, 3.63) is 33.8 Å². The molecule has 1 heterocycles. The Labute approximate surface area is 108 Å². The van der Waals surface area contributed by atoms with Crippen molar-refractivity contribution in [3.8, 4) is 11.3 Å². The van der Waals surface area contributed by atoms with Gasteiger partial charge < -0.3 is 10.3 Å². The van der Waals surface area contributed by atoms with Crippen molar-refractivity contribution in [2.75, 3.05) is 5.73 Å². The summed E-state index contributed by atoms with van der Waals surface area (Å²) >= 11 is 3.50. The summed E-state index contributed by atoms with van der Waals surface area (Å²) < 4.78 is 6.42. The summed E-state index contributed by atoms with van der Waals surface area (Å²) in [6.45, 7) is 2.20. The van der Waals surface area contributed by atoms with E-state index < -0.39 is 0 Å². The first-order valence-corrected chi connectivity index (χ1v) is 6.53. The quantitative estimate of drug-likeness (QED) is 0.871. The molecular formula is C13H13BrN2O. The molecule has 3 nitrogen and oxygen atoms in total. The zero-order valence-electron chi connectivity index (χ0n) is 9.53. The number of aromatic nitrogens is 1. The van der Waals surface area contributed by atoms with Gasteiger partial charge in [-0.2, -0.15) is 0 Å². The minimum absolute atomic E-state index is 0.507. The summed E-state index contributed by atoms with van der Waals surface area (Å²) in [5.41, 5.74) is 9.37. The van der Waals surface area contributed by atoms with Crippen LogP contribution in [0, 0.1) is 0 Å². The van der Waals surface area contributed by atoms with Gasteiger partial charge in [0.25, 0.3) is 0 Å². The van der Waals surface area contributed by atoms with Gasteiger partial charge in [-0.25, -0.2) is 0 Å². The Balaban J connectivity index is 2.26. The molecule has 0 fully saturated rings. The number of nitrogens with two attached hydrogens (primary N) is 1. The molecule has 0 amide bonds. The summed E-state index contributed by atoms with van der Waals surface area (Å²) in [6.07, 6.45) is 2.02. The zero-order chi connectivity index (χ0) is 12.0. The summed E-state index contributed by atoms with van der Waals surface area (Å²) in [4.78, 5) is 0. The van der Waals surface area contributed by atoms with Crippen molar-refractivity contribution < 1.29 is 4.52 Å². The highest BCUT2D eigenvalue weighted by molar-refractivity contribution is 9.10. The zero-order valence-corrected chi connectivity index (χ0v) is 11.1. The SMILES string of the molecule is CCC1Cc2c(N)noc2-c2cc(Br)ccc21. The second-order valence-corrected chi connectivity index (χ2v) is 5.33. The van der Waals surface area contributed by atoms with E-state index in [1.165, 1.54) is 5.56 Å². The molecule has 0 bridgehead atoms. The minimum Gasteiger partial charge on any atom is -0.381 e. The third-order valence-electron chi connectivity index (χ3n) is 3.46. The number of halogens is 1. The summed E-state index contributed by atoms with van der Waals surface area (Å²) in [7, 11) is 0. The average Bonchev–Trinajstić information content (AvgIpc) is 2.70. The van der Waals surface area contributed by atoms with E-state index in [1.54, 1.807) is 0 Å². The monoisotopic (exact) mass is 292 g/mol. The highest BCUT2D eigenvalue weighted by atomic mass is 79.9. The van der Waals surface area contributed by atoms with Gasteiger partial charge in [0.05, 0.1) is 0 Å². The minimum atomic E-state index is 0.507. The fourth-order valence-electron chi connectivity index (χ4n) is 2.53. The van der Waals surface area contributed by atoms with Crippen molar-refractivity contribution in [1.82, 2.24) is 5.16 Å². The second-order valence-electron chi connectivity index (χ2n) is 4.42. The predicted molar refractivity (Wildman–Crippen MR) is 70.8 cm³/mol. The number of hydrogen-bond acceptors (Lipinski definition) is 3. The van der Waals surface area contributed by atoms with Crippen LogP contribution in [0.25, 0.3) is 11.3 Å². The Morgan fingerprint density at radius 2 is 2.35 bits per heavy atom. The molecule has 2 aromatic rings. The molecule has 88 valence electrons. The molecule has 1 aromatic heterocycles. The predicted octanol–water partition coefficient (Wildman–Crippen LogP) is 3.74. The number of nitrogen functional groups attached to an aromatic ring is 1. The smallest absolute Gasteiger partial charge is 0.172 e. The topological polar surface area (TPSA) is 52.0 Å². The van der Waals surface area contributed by atoms with Gasteiger partial charge in [0.15, 0.2) is 11.6 Å². The van der Waals surface area contributed by atoms with Crippen LogP contribution in [0.4, 0.5) is 5.82 Å². The van der Waals surface area contributed by atoms with Crippen molar-refractivity contribution in [2.24, 2.45) is 0 Å². The highest BCUT2D eigenvalue weighted by Gasteiger charge is 2.29. The fourth-order valence-corrected chi connectivity index (χ4v) is 2.89. The van der Waals surface area contributed by atoms with Crippen molar-refractivity contribution in [1.29, 1.82) is 0 Å². The lowest BCUT2D eigenvalue weighted by atomic mass is 9.81. The Kier molecular flexibility index (Phi) is 2.47. The molecule has 0 saturated heterocycles. The number of benzene rings is 1. The van der Waals surface area contributed by atoms with Gasteiger partial charge in [-0.15, -0.1) is 0 Å². The van der Waals surface area contributed by atoms with Crippen LogP contribution >= 0.6 is 15.9 Å². The van der Waals surface area contributed by atoms with E-state index >= 15 is 0 Å². The highest BCUT2D eigenvalue weighted by Crippen LogP contribution is 2.43. The van der Waals surface area contributed by atoms with Gasteiger partial charge in [0, 0.05) is 15.6 Å². The Bertz CT molecular complexity index is 577. The third kappa shape index (κ3) is 1.59. The largest absolute Gasteiger partial charge is 0.381 e. The van der Waals surface area contributed by atoms with Crippen molar-refractivity contribution in [3.63, 3.8) is 0 Å². The molecule has 1 aromatic carbocycles. The van der Waals surface area contributed by atoms with Gasteiger partial charge in [-0.05, 0) is 36.5 Å². The van der Waals surface area contributed by atoms with Gasteiger partial charge in [0.2, 0.25) is 0 Å². The lowest BCUT2D eigenvalue weighted by Gasteiger charge is -2.23. The van der Waals surface area contributed by atoms with E-state index in [9.17, 15) is 0 Å². The van der Waals surface area contributed by atoms with E-state index in [2.05, 4.69) is 46.2 Å². The number of nitrogens with zero attached hydrogens (tertiary/aromatic N) is 1. The molecule has 1 aliphatic carbocycles. The first kappa shape index (κ1) is 10.8. The summed E-state index contributed by atoms with van der Waals surface area (Å²) in [5.74, 6) is 1.87. The first-order chi connectivity index (χ1) is 8.20. The summed E-state index contributed by atoms with van der Waals surface area (Å²) in [6, 6.07) is 6.32. The van der Waals surface area contributed by atoms with Crippen LogP contribution in [0.5, 0.6) is 0 Å². The molecule has 0 aliphatic heterocycles. The standard InChI is InChI=1S/C13H13BrN2O/c1-2-7-5-11-12(17-16-13(11)15)10-6-8(14)3-4-9(7)10/h3-4,6-7H,2,5H2,1H3,(H2,15,16). The van der Waals surface area contributed by atoms with E-state index in [4.69, 9.17) is 10.3 Å². The molecule has 1 aliphatic rings. The number of anilines is 1. The molecule has 0 saturated carbocycles. The normalized spacial score (nSPS) is 17.6. The lowest BCUT2D eigenvalue weighted by Crippen LogP contribution is -2.10. The maximum atomic E-state index is 5.86. The van der Waals surface area contributed by atoms with Crippen LogP contribution in [0.1, 0.15) is 30.4 Å². The van der Waals surface area contributed by atoms with Gasteiger partial charge in [0.1, 0.15) is 0 Å². The van der Waals surface area contributed by atoms with Crippen LogP contribution in [0.3, 0.4) is 0 Å². The Hall–Kier alpha value is -1.29. The van der Waals surface area contributed by atoms with E-state index in [1.807, 2.05) is 0 Å². The molecule has 0 radical (unpaired) electrons. The molecule has 1 unspecified atom stereocenters. The van der Waals surface area contributed by atoms with Crippen LogP contribution in [-0.4, -0.2) is 5.16 Å². The first-order valence-electron chi connectivity index (χ1n) is 5.74. The number of fused-ring (bicyclic) bond motifs is 3. The van der Waals surface area contributed by atoms with Gasteiger partial charge in [-0.1, -0.05) is 34.1 Å². The maximum Gasteiger partial charge on any atom is 0.172 e. The molecule has 1 atom stereocenters. The van der Waals surface area contributed by atoms with Crippen LogP contribution in [0.2, 0.25) is 0 Å². The lowest BCUT2D eigenvalue weighted by molar-refractivity contribution is 0.432. The van der Waals surface area contributed by atoms with Crippen LogP contribution in [0.15, 0.2) is 27.2 Å². The third-order valence-corrected chi connectivity index (χ3v) is 3.95. The van der Waals surface area contributed by atoms with E-state index in [-0.39, 0.29) is 0 Å². The molecule has 0 spiro atoms. The van der Waals surface area contributed by atoms with E-state index in [0.29, 0.717) is 11.7 Å². The molecule has 17 heavy (non-hydrogen) atoms. The maximum absolute atomic E-state index is 5.86. The molecule has 3 rings (SSSR count). The second kappa shape index (κ2) is 3.88. The van der Waals surface area contributed by atoms with Crippen LogP contribution < -0.4 is 5.73 Å². The van der Waals surface area contributed by atoms with Crippen LogP contribution in [-0.2, 0) is 6.42 Å². The average molecular weight is 293 g/mol. The Morgan fingerprint density at radius 3 is 3.12 bits per heavy atom. The Morgan fingerprint density at radius 1 is 1.53 bits per heavy atom. The molecule has 4 heteroatoms. The summed E-state index contributed by atoms with van der Waals surface area (Å²) in [5, 5.41) is 3.88.